The van der Waals surface area contributed by atoms with E-state index >= 15 is 0 Å². The summed E-state index contributed by atoms with van der Waals surface area (Å²) in [7, 11) is 0. The van der Waals surface area contributed by atoms with Crippen LogP contribution in [-0.2, 0) is 16.1 Å². The van der Waals surface area contributed by atoms with Crippen LogP contribution in [0.3, 0.4) is 0 Å². The lowest BCUT2D eigenvalue weighted by Crippen LogP contribution is -2.05. The maximum absolute atomic E-state index is 11.0. The largest absolute Gasteiger partial charge is 0.493 e. The molecule has 0 saturated carbocycles. The van der Waals surface area contributed by atoms with Crippen molar-refractivity contribution >= 4 is 12.1 Å². The van der Waals surface area contributed by atoms with Gasteiger partial charge in [-0.2, -0.15) is 0 Å². The van der Waals surface area contributed by atoms with Gasteiger partial charge in [0.05, 0.1) is 6.42 Å². The molecule has 0 saturated heterocycles. The fourth-order valence-corrected chi connectivity index (χ4v) is 1.31. The van der Waals surface area contributed by atoms with Gasteiger partial charge in [0.2, 0.25) is 0 Å². The number of carbonyl (C=O) groups is 1. The zero-order chi connectivity index (χ0) is 10.5. The molecule has 1 aromatic rings. The van der Waals surface area contributed by atoms with Crippen molar-refractivity contribution in [3.63, 3.8) is 0 Å². The minimum atomic E-state index is -0.152. The number of allylic oxidation sites excluding steroid dienone is 1. The summed E-state index contributed by atoms with van der Waals surface area (Å²) in [6.07, 6.45) is 3.47. The van der Waals surface area contributed by atoms with Crippen molar-refractivity contribution in [2.75, 3.05) is 0 Å². The third-order valence-corrected chi connectivity index (χ3v) is 2.07. The Morgan fingerprint density at radius 3 is 2.80 bits per heavy atom. The number of nitrogens with zero attached hydrogens (tertiary/aromatic N) is 1. The molecule has 15 heavy (non-hydrogen) atoms. The van der Waals surface area contributed by atoms with Crippen LogP contribution >= 0.6 is 0 Å². The van der Waals surface area contributed by atoms with E-state index in [-0.39, 0.29) is 12.3 Å². The van der Waals surface area contributed by atoms with Crippen molar-refractivity contribution in [1.82, 2.24) is 0 Å². The van der Waals surface area contributed by atoms with E-state index in [1.54, 1.807) is 6.08 Å². The van der Waals surface area contributed by atoms with Gasteiger partial charge in [-0.05, 0) is 11.6 Å². The summed E-state index contributed by atoms with van der Waals surface area (Å²) < 4.78 is 5.49. The number of aliphatic imine (C=N–C) groups is 1. The van der Waals surface area contributed by atoms with Crippen molar-refractivity contribution in [2.24, 2.45) is 4.99 Å². The Balaban J connectivity index is 1.92. The molecule has 0 N–H and O–H groups in total. The van der Waals surface area contributed by atoms with Gasteiger partial charge in [0, 0.05) is 6.21 Å². The molecule has 3 heteroatoms. The summed E-state index contributed by atoms with van der Waals surface area (Å²) in [6.45, 7) is 0.494. The number of carbonyl (C=O) groups excluding carboxylic acids is 1. The Morgan fingerprint density at radius 2 is 2.07 bits per heavy atom. The number of amides is 1. The number of hydrogen-bond donors (Lipinski definition) is 0. The topological polar surface area (TPSA) is 38.7 Å². The third-order valence-electron chi connectivity index (χ3n) is 2.07. The second-order valence-electron chi connectivity index (χ2n) is 3.26. The van der Waals surface area contributed by atoms with Crippen LogP contribution in [-0.4, -0.2) is 12.1 Å². The fourth-order valence-electron chi connectivity index (χ4n) is 1.31. The molecular formula is C12H11NO2. The summed E-state index contributed by atoms with van der Waals surface area (Å²) in [5, 5.41) is 0. The second-order valence-corrected chi connectivity index (χ2v) is 3.26. The van der Waals surface area contributed by atoms with Gasteiger partial charge in [0.25, 0.3) is 5.91 Å². The SMILES string of the molecule is O=C1CC(OCc2ccccc2)=CC=N1. The zero-order valence-corrected chi connectivity index (χ0v) is 8.22. The van der Waals surface area contributed by atoms with Crippen LogP contribution in [0.25, 0.3) is 0 Å². The van der Waals surface area contributed by atoms with E-state index in [0.717, 1.165) is 5.56 Å². The quantitative estimate of drug-likeness (QED) is 0.751. The summed E-state index contributed by atoms with van der Waals surface area (Å²) in [5.74, 6) is 0.527. The Kier molecular flexibility index (Phi) is 2.93. The molecule has 0 fully saturated rings. The van der Waals surface area contributed by atoms with Gasteiger partial charge in [-0.25, -0.2) is 4.99 Å². The highest BCUT2D eigenvalue weighted by molar-refractivity contribution is 5.93. The van der Waals surface area contributed by atoms with Gasteiger partial charge >= 0.3 is 0 Å². The van der Waals surface area contributed by atoms with Crippen molar-refractivity contribution in [3.05, 3.63) is 47.7 Å². The first-order chi connectivity index (χ1) is 7.34. The van der Waals surface area contributed by atoms with Crippen LogP contribution in [0, 0.1) is 0 Å². The number of dihydropyridines is 1. The predicted molar refractivity (Wildman–Crippen MR) is 57.4 cm³/mol. The summed E-state index contributed by atoms with van der Waals surface area (Å²) in [4.78, 5) is 14.6. The second kappa shape index (κ2) is 4.55. The van der Waals surface area contributed by atoms with Crippen molar-refractivity contribution in [1.29, 1.82) is 0 Å². The monoisotopic (exact) mass is 201 g/mol. The number of benzene rings is 1. The molecule has 0 atom stereocenters. The minimum absolute atomic E-state index is 0.152. The number of hydrogen-bond acceptors (Lipinski definition) is 2. The predicted octanol–water partition coefficient (Wildman–Crippen LogP) is 2.09. The van der Waals surface area contributed by atoms with Crippen molar-refractivity contribution < 1.29 is 9.53 Å². The highest BCUT2D eigenvalue weighted by Gasteiger charge is 2.08. The molecule has 76 valence electrons. The molecule has 0 spiro atoms. The van der Waals surface area contributed by atoms with Crippen LogP contribution in [0.2, 0.25) is 0 Å². The molecule has 0 aliphatic carbocycles. The van der Waals surface area contributed by atoms with Crippen molar-refractivity contribution in [2.45, 2.75) is 13.0 Å². The first kappa shape index (κ1) is 9.65. The van der Waals surface area contributed by atoms with Gasteiger partial charge in [-0.3, -0.25) is 4.79 Å². The number of rotatable bonds is 3. The Hall–Kier alpha value is -1.90. The van der Waals surface area contributed by atoms with Crippen LogP contribution in [0.4, 0.5) is 0 Å². The summed E-state index contributed by atoms with van der Waals surface area (Å²) in [6, 6.07) is 9.85. The molecule has 0 unspecified atom stereocenters. The third kappa shape index (κ3) is 2.77. The van der Waals surface area contributed by atoms with Crippen LogP contribution in [0.1, 0.15) is 12.0 Å². The molecular weight excluding hydrogens is 190 g/mol. The molecule has 0 bridgehead atoms. The van der Waals surface area contributed by atoms with E-state index in [1.165, 1.54) is 6.21 Å². The lowest BCUT2D eigenvalue weighted by Gasteiger charge is -2.10. The maximum Gasteiger partial charge on any atom is 0.253 e. The maximum atomic E-state index is 11.0. The molecule has 0 radical (unpaired) electrons. The molecule has 1 aromatic carbocycles. The lowest BCUT2D eigenvalue weighted by atomic mass is 10.2. The molecule has 1 aliphatic rings. The smallest absolute Gasteiger partial charge is 0.253 e. The van der Waals surface area contributed by atoms with Crippen LogP contribution in [0.5, 0.6) is 0 Å². The Bertz CT molecular complexity index is 407. The van der Waals surface area contributed by atoms with Gasteiger partial charge in [-0.1, -0.05) is 30.3 Å². The first-order valence-electron chi connectivity index (χ1n) is 4.77. The number of ether oxygens (including phenoxy) is 1. The zero-order valence-electron chi connectivity index (χ0n) is 8.22. The lowest BCUT2D eigenvalue weighted by molar-refractivity contribution is -0.117. The highest BCUT2D eigenvalue weighted by atomic mass is 16.5. The van der Waals surface area contributed by atoms with Gasteiger partial charge in [0.15, 0.2) is 0 Å². The van der Waals surface area contributed by atoms with Gasteiger partial charge < -0.3 is 4.74 Å². The molecule has 1 amide bonds. The highest BCUT2D eigenvalue weighted by Crippen LogP contribution is 2.11. The standard InChI is InChI=1S/C12H11NO2/c14-12-8-11(6-7-13-12)15-9-10-4-2-1-3-5-10/h1-7H,8-9H2. The Labute approximate surface area is 88.1 Å². The minimum Gasteiger partial charge on any atom is -0.493 e. The average molecular weight is 201 g/mol. The van der Waals surface area contributed by atoms with Crippen LogP contribution < -0.4 is 0 Å². The van der Waals surface area contributed by atoms with E-state index in [4.69, 9.17) is 4.74 Å². The molecule has 0 aromatic heterocycles. The summed E-state index contributed by atoms with van der Waals surface area (Å²) >= 11 is 0. The normalized spacial score (nSPS) is 14.9. The average Bonchev–Trinajstić information content (AvgIpc) is 2.28. The summed E-state index contributed by atoms with van der Waals surface area (Å²) in [5.41, 5.74) is 1.09. The van der Waals surface area contributed by atoms with E-state index in [9.17, 15) is 4.79 Å². The molecule has 1 aliphatic heterocycles. The van der Waals surface area contributed by atoms with E-state index in [2.05, 4.69) is 4.99 Å². The Morgan fingerprint density at radius 1 is 1.27 bits per heavy atom. The fraction of sp³-hybridized carbons (Fsp3) is 0.167. The van der Waals surface area contributed by atoms with E-state index in [0.29, 0.717) is 12.4 Å². The van der Waals surface area contributed by atoms with Crippen molar-refractivity contribution in [3.8, 4) is 0 Å². The van der Waals surface area contributed by atoms with E-state index in [1.807, 2.05) is 30.3 Å². The first-order valence-corrected chi connectivity index (χ1v) is 4.77. The van der Waals surface area contributed by atoms with Crippen LogP contribution in [0.15, 0.2) is 47.2 Å². The van der Waals surface area contributed by atoms with Gasteiger partial charge in [-0.15, -0.1) is 0 Å². The van der Waals surface area contributed by atoms with Gasteiger partial charge in [0.1, 0.15) is 12.4 Å². The van der Waals surface area contributed by atoms with E-state index < -0.39 is 0 Å². The molecule has 3 nitrogen and oxygen atoms in total. The molecule has 2 rings (SSSR count). The molecule has 1 heterocycles.